The molecule has 0 fully saturated rings. The summed E-state index contributed by atoms with van der Waals surface area (Å²) in [7, 11) is 0. The quantitative estimate of drug-likeness (QED) is 0.531. The van der Waals surface area contributed by atoms with Gasteiger partial charge in [0.15, 0.2) is 0 Å². The average Bonchev–Trinajstić information content (AvgIpc) is 1.99. The first-order chi connectivity index (χ1) is 5.72. The van der Waals surface area contributed by atoms with Gasteiger partial charge < -0.3 is 21.7 Å². The SMILES string of the molecule is CCCOc1cc(C)[c-]c(C)c1.[Br-].[Mg+2]. The zero-order chi connectivity index (χ0) is 8.97. The molecule has 0 saturated heterocycles. The average molecular weight is 267 g/mol. The monoisotopic (exact) mass is 266 g/mol. The zero-order valence-corrected chi connectivity index (χ0v) is 12.1. The Morgan fingerprint density at radius 3 is 2.14 bits per heavy atom. The number of hydrogen-bond acceptors (Lipinski definition) is 1. The van der Waals surface area contributed by atoms with Gasteiger partial charge in [-0.3, -0.25) is 0 Å². The third-order valence-electron chi connectivity index (χ3n) is 1.58. The molecule has 0 aromatic heterocycles. The molecule has 0 aliphatic carbocycles. The van der Waals surface area contributed by atoms with Crippen LogP contribution in [0.15, 0.2) is 12.1 Å². The summed E-state index contributed by atoms with van der Waals surface area (Å²) in [6, 6.07) is 7.24. The van der Waals surface area contributed by atoms with Crippen molar-refractivity contribution in [2.75, 3.05) is 6.61 Å². The second-order valence-corrected chi connectivity index (χ2v) is 3.03. The van der Waals surface area contributed by atoms with E-state index in [-0.39, 0.29) is 40.0 Å². The number of halogens is 1. The smallest absolute Gasteiger partial charge is 1.00 e. The van der Waals surface area contributed by atoms with Crippen molar-refractivity contribution < 1.29 is 21.7 Å². The topological polar surface area (TPSA) is 9.23 Å². The summed E-state index contributed by atoms with van der Waals surface area (Å²) >= 11 is 0. The molecule has 0 atom stereocenters. The van der Waals surface area contributed by atoms with Gasteiger partial charge in [-0.05, 0) is 6.42 Å². The van der Waals surface area contributed by atoms with Gasteiger partial charge in [0.25, 0.3) is 0 Å². The van der Waals surface area contributed by atoms with Gasteiger partial charge in [0, 0.05) is 5.75 Å². The summed E-state index contributed by atoms with van der Waals surface area (Å²) in [6.45, 7) is 6.97. The van der Waals surface area contributed by atoms with Gasteiger partial charge in [-0.1, -0.05) is 20.8 Å². The second-order valence-electron chi connectivity index (χ2n) is 3.03. The van der Waals surface area contributed by atoms with Crippen molar-refractivity contribution in [3.8, 4) is 5.75 Å². The van der Waals surface area contributed by atoms with Gasteiger partial charge in [-0.2, -0.15) is 17.2 Å². The molecule has 1 aromatic rings. The van der Waals surface area contributed by atoms with Crippen molar-refractivity contribution in [1.82, 2.24) is 0 Å². The molecule has 3 heteroatoms. The van der Waals surface area contributed by atoms with E-state index in [1.807, 2.05) is 26.0 Å². The van der Waals surface area contributed by atoms with E-state index in [4.69, 9.17) is 4.74 Å². The molecule has 0 radical (unpaired) electrons. The van der Waals surface area contributed by atoms with Gasteiger partial charge in [-0.25, -0.2) is 0 Å². The van der Waals surface area contributed by atoms with Gasteiger partial charge in [0.1, 0.15) is 0 Å². The van der Waals surface area contributed by atoms with Crippen LogP contribution in [0.5, 0.6) is 5.75 Å². The first-order valence-corrected chi connectivity index (χ1v) is 4.35. The molecule has 14 heavy (non-hydrogen) atoms. The molecule has 0 aliphatic rings. The van der Waals surface area contributed by atoms with Crippen LogP contribution in [-0.4, -0.2) is 29.7 Å². The number of benzene rings is 1. The fraction of sp³-hybridized carbons (Fsp3) is 0.455. The maximum Gasteiger partial charge on any atom is 2.00 e. The molecule has 0 heterocycles. The first kappa shape index (κ1) is 16.7. The van der Waals surface area contributed by atoms with Crippen molar-refractivity contribution in [2.45, 2.75) is 27.2 Å². The normalized spacial score (nSPS) is 8.50. The van der Waals surface area contributed by atoms with Crippen LogP contribution in [0.25, 0.3) is 0 Å². The van der Waals surface area contributed by atoms with Crippen LogP contribution in [-0.2, 0) is 0 Å². The molecule has 0 spiro atoms. The van der Waals surface area contributed by atoms with Crippen LogP contribution in [0.4, 0.5) is 0 Å². The molecule has 1 aromatic carbocycles. The summed E-state index contributed by atoms with van der Waals surface area (Å²) in [5.41, 5.74) is 2.28. The van der Waals surface area contributed by atoms with Crippen molar-refractivity contribution in [3.05, 3.63) is 29.3 Å². The third-order valence-corrected chi connectivity index (χ3v) is 1.58. The van der Waals surface area contributed by atoms with Crippen LogP contribution in [0.1, 0.15) is 24.5 Å². The predicted octanol–water partition coefficient (Wildman–Crippen LogP) is -0.484. The molecule has 0 N–H and O–H groups in total. The van der Waals surface area contributed by atoms with E-state index in [2.05, 4.69) is 13.0 Å². The molecular formula is C11H15BrMgO. The van der Waals surface area contributed by atoms with Crippen molar-refractivity contribution in [1.29, 1.82) is 0 Å². The maximum atomic E-state index is 5.50. The van der Waals surface area contributed by atoms with E-state index in [9.17, 15) is 0 Å². The largest absolute Gasteiger partial charge is 2.00 e. The first-order valence-electron chi connectivity index (χ1n) is 4.35. The molecule has 1 nitrogen and oxygen atoms in total. The number of hydrogen-bond donors (Lipinski definition) is 0. The molecule has 0 saturated carbocycles. The molecular weight excluding hydrogens is 252 g/mol. The van der Waals surface area contributed by atoms with Gasteiger partial charge in [-0.15, -0.1) is 12.1 Å². The van der Waals surface area contributed by atoms with Crippen molar-refractivity contribution >= 4 is 23.1 Å². The molecule has 0 unspecified atom stereocenters. The molecule has 74 valence electrons. The summed E-state index contributed by atoms with van der Waals surface area (Å²) in [5, 5.41) is 0. The molecule has 0 aliphatic heterocycles. The fourth-order valence-electron chi connectivity index (χ4n) is 1.15. The molecule has 0 bridgehead atoms. The summed E-state index contributed by atoms with van der Waals surface area (Å²) in [6.07, 6.45) is 1.05. The number of rotatable bonds is 3. The minimum Gasteiger partial charge on any atom is -1.00 e. The Labute approximate surface area is 113 Å². The minimum atomic E-state index is 0. The van der Waals surface area contributed by atoms with Crippen LogP contribution in [0.3, 0.4) is 0 Å². The van der Waals surface area contributed by atoms with Crippen LogP contribution in [0, 0.1) is 19.9 Å². The molecule has 0 amide bonds. The Balaban J connectivity index is 0. The fourth-order valence-corrected chi connectivity index (χ4v) is 1.15. The van der Waals surface area contributed by atoms with E-state index in [0.29, 0.717) is 0 Å². The van der Waals surface area contributed by atoms with E-state index in [1.165, 1.54) is 0 Å². The van der Waals surface area contributed by atoms with Crippen molar-refractivity contribution in [2.24, 2.45) is 0 Å². The van der Waals surface area contributed by atoms with Crippen LogP contribution in [0.2, 0.25) is 0 Å². The summed E-state index contributed by atoms with van der Waals surface area (Å²) in [5.74, 6) is 0.964. The van der Waals surface area contributed by atoms with Crippen LogP contribution >= 0.6 is 0 Å². The van der Waals surface area contributed by atoms with E-state index < -0.39 is 0 Å². The minimum absolute atomic E-state index is 0. The maximum absolute atomic E-state index is 5.50. The van der Waals surface area contributed by atoms with E-state index >= 15 is 0 Å². The second kappa shape index (κ2) is 8.56. The van der Waals surface area contributed by atoms with Crippen LogP contribution < -0.4 is 21.7 Å². The van der Waals surface area contributed by atoms with Gasteiger partial charge >= 0.3 is 23.1 Å². The van der Waals surface area contributed by atoms with Crippen molar-refractivity contribution in [3.63, 3.8) is 0 Å². The van der Waals surface area contributed by atoms with E-state index in [1.54, 1.807) is 0 Å². The Hall–Kier alpha value is 0.266. The third kappa shape index (κ3) is 5.88. The standard InChI is InChI=1S/C11H15O.BrH.Mg/c1-4-5-12-11-7-9(2)6-10(3)8-11;;/h7-8H,4-5H2,1-3H3;1H;/q-1;;+2/p-1. The van der Waals surface area contributed by atoms with Gasteiger partial charge in [0.2, 0.25) is 0 Å². The summed E-state index contributed by atoms with van der Waals surface area (Å²) < 4.78 is 5.50. The Morgan fingerprint density at radius 2 is 1.71 bits per heavy atom. The Bertz CT molecular complexity index is 243. The number of aryl methyl sites for hydroxylation is 2. The Morgan fingerprint density at radius 1 is 1.21 bits per heavy atom. The predicted molar refractivity (Wildman–Crippen MR) is 56.3 cm³/mol. The van der Waals surface area contributed by atoms with E-state index in [0.717, 1.165) is 29.9 Å². The zero-order valence-electron chi connectivity index (χ0n) is 9.06. The molecule has 1 rings (SSSR count). The van der Waals surface area contributed by atoms with Gasteiger partial charge in [0.05, 0.1) is 6.61 Å². The summed E-state index contributed by atoms with van der Waals surface area (Å²) in [4.78, 5) is 0. The Kier molecular flexibility index (Phi) is 10.2. The number of ether oxygens (including phenoxy) is 1.